The van der Waals surface area contributed by atoms with Gasteiger partial charge in [0.25, 0.3) is 0 Å². The second kappa shape index (κ2) is 2.64. The standard InChI is InChI=1S/C4H9BO2S/c1-3-4(2,5)8(6)7/h3H2,1-2H3,(H,6,7). The zero-order valence-electron chi connectivity index (χ0n) is 5.05. The molecule has 0 aromatic heterocycles. The molecule has 0 aliphatic rings. The average Bonchev–Trinajstić information content (AvgIpc) is 1.67. The largest absolute Gasteiger partial charge is 0.306 e. The summed E-state index contributed by atoms with van der Waals surface area (Å²) < 4.78 is 17.7. The number of hydrogen-bond donors (Lipinski definition) is 1. The van der Waals surface area contributed by atoms with Gasteiger partial charge in [0.2, 0.25) is 0 Å². The van der Waals surface area contributed by atoms with Crippen LogP contribution in [0.2, 0.25) is 0 Å². The summed E-state index contributed by atoms with van der Waals surface area (Å²) >= 11 is -1.90. The molecule has 0 aromatic rings. The normalized spacial score (nSPS) is 21.9. The first-order chi connectivity index (χ1) is 3.50. The van der Waals surface area contributed by atoms with Crippen LogP contribution in [0, 0.1) is 0 Å². The van der Waals surface area contributed by atoms with E-state index in [1.807, 2.05) is 0 Å². The van der Waals surface area contributed by atoms with Crippen LogP contribution in [-0.2, 0) is 11.1 Å². The molecule has 0 aliphatic heterocycles. The van der Waals surface area contributed by atoms with Gasteiger partial charge in [-0.25, -0.2) is 4.21 Å². The molecule has 4 heteroatoms. The van der Waals surface area contributed by atoms with Crippen LogP contribution in [0.25, 0.3) is 0 Å². The Morgan fingerprint density at radius 3 is 2.25 bits per heavy atom. The van der Waals surface area contributed by atoms with Crippen molar-refractivity contribution in [3.05, 3.63) is 0 Å². The molecule has 0 rings (SSSR count). The second-order valence-corrected chi connectivity index (χ2v) is 3.35. The molecule has 0 bridgehead atoms. The summed E-state index contributed by atoms with van der Waals surface area (Å²) in [5.74, 6) is 0. The van der Waals surface area contributed by atoms with E-state index in [0.717, 1.165) is 0 Å². The summed E-state index contributed by atoms with van der Waals surface area (Å²) in [6, 6.07) is 0. The molecule has 0 amide bonds. The first kappa shape index (κ1) is 8.17. The zero-order chi connectivity index (χ0) is 6.78. The van der Waals surface area contributed by atoms with Gasteiger partial charge in [-0.15, -0.1) is 0 Å². The predicted octanol–water partition coefficient (Wildman–Crippen LogP) is 0.503. The molecule has 2 unspecified atom stereocenters. The van der Waals surface area contributed by atoms with Gasteiger partial charge in [0.1, 0.15) is 11.1 Å². The van der Waals surface area contributed by atoms with Crippen LogP contribution in [-0.4, -0.2) is 21.3 Å². The molecule has 0 saturated heterocycles. The summed E-state index contributed by atoms with van der Waals surface area (Å²) in [5, 5.41) is 0. The van der Waals surface area contributed by atoms with Gasteiger partial charge < -0.3 is 4.55 Å². The molecule has 2 radical (unpaired) electrons. The van der Waals surface area contributed by atoms with E-state index in [-0.39, 0.29) is 0 Å². The van der Waals surface area contributed by atoms with Crippen molar-refractivity contribution >= 4 is 18.9 Å². The second-order valence-electron chi connectivity index (χ2n) is 1.92. The Bertz CT molecular complexity index is 102. The predicted molar refractivity (Wildman–Crippen MR) is 35.2 cm³/mol. The van der Waals surface area contributed by atoms with E-state index >= 15 is 0 Å². The first-order valence-electron chi connectivity index (χ1n) is 2.40. The molecule has 2 atom stereocenters. The van der Waals surface area contributed by atoms with E-state index in [2.05, 4.69) is 0 Å². The lowest BCUT2D eigenvalue weighted by molar-refractivity contribution is 0.539. The van der Waals surface area contributed by atoms with Crippen molar-refractivity contribution in [3.8, 4) is 0 Å². The molecular weight excluding hydrogens is 123 g/mol. The molecule has 46 valence electrons. The van der Waals surface area contributed by atoms with Gasteiger partial charge in [0, 0.05) is 4.65 Å². The van der Waals surface area contributed by atoms with E-state index in [9.17, 15) is 4.21 Å². The first-order valence-corrected chi connectivity index (χ1v) is 3.51. The Kier molecular flexibility index (Phi) is 2.70. The van der Waals surface area contributed by atoms with Crippen molar-refractivity contribution in [2.24, 2.45) is 0 Å². The summed E-state index contributed by atoms with van der Waals surface area (Å²) in [6.45, 7) is 3.32. The fraction of sp³-hybridized carbons (Fsp3) is 1.00. The maximum Gasteiger partial charge on any atom is 0.149 e. The van der Waals surface area contributed by atoms with Crippen LogP contribution in [0.1, 0.15) is 20.3 Å². The Morgan fingerprint density at radius 1 is 1.88 bits per heavy atom. The summed E-state index contributed by atoms with van der Waals surface area (Å²) in [6.07, 6.45) is 0.510. The molecule has 0 fully saturated rings. The van der Waals surface area contributed by atoms with Crippen molar-refractivity contribution in [3.63, 3.8) is 0 Å². The number of rotatable bonds is 2. The van der Waals surface area contributed by atoms with E-state index in [0.29, 0.717) is 6.42 Å². The molecule has 2 nitrogen and oxygen atoms in total. The van der Waals surface area contributed by atoms with Crippen LogP contribution >= 0.6 is 0 Å². The molecular formula is C4H9BO2S. The molecule has 1 N–H and O–H groups in total. The SMILES string of the molecule is [B]C(C)(CC)S(=O)O. The highest BCUT2D eigenvalue weighted by molar-refractivity contribution is 7.82. The average molecular weight is 132 g/mol. The minimum Gasteiger partial charge on any atom is -0.306 e. The third kappa shape index (κ3) is 1.96. The quantitative estimate of drug-likeness (QED) is 0.438. The van der Waals surface area contributed by atoms with Gasteiger partial charge in [-0.2, -0.15) is 0 Å². The minimum absolute atomic E-state index is 0.510. The summed E-state index contributed by atoms with van der Waals surface area (Å²) in [7, 11) is 5.31. The van der Waals surface area contributed by atoms with Crippen LogP contribution in [0.15, 0.2) is 0 Å². The van der Waals surface area contributed by atoms with Crippen LogP contribution < -0.4 is 0 Å². The zero-order valence-corrected chi connectivity index (χ0v) is 5.86. The molecule has 0 saturated carbocycles. The van der Waals surface area contributed by atoms with Crippen LogP contribution in [0.5, 0.6) is 0 Å². The van der Waals surface area contributed by atoms with Crippen LogP contribution in [0.3, 0.4) is 0 Å². The van der Waals surface area contributed by atoms with Crippen molar-refractivity contribution in [1.29, 1.82) is 0 Å². The fourth-order valence-corrected chi connectivity index (χ4v) is 0.370. The lowest BCUT2D eigenvalue weighted by Gasteiger charge is -2.16. The molecule has 0 aromatic carbocycles. The molecule has 0 heterocycles. The van der Waals surface area contributed by atoms with E-state index in [4.69, 9.17) is 12.4 Å². The van der Waals surface area contributed by atoms with Crippen LogP contribution in [0.4, 0.5) is 0 Å². The Labute approximate surface area is 53.4 Å². The Balaban J connectivity index is 3.91. The highest BCUT2D eigenvalue weighted by Gasteiger charge is 2.20. The van der Waals surface area contributed by atoms with Gasteiger partial charge in [-0.05, 0) is 6.42 Å². The third-order valence-corrected chi connectivity index (χ3v) is 2.19. The maximum absolute atomic E-state index is 10.2. The fourth-order valence-electron chi connectivity index (χ4n) is 0.123. The monoisotopic (exact) mass is 132 g/mol. The van der Waals surface area contributed by atoms with Gasteiger partial charge >= 0.3 is 0 Å². The highest BCUT2D eigenvalue weighted by atomic mass is 32.2. The summed E-state index contributed by atoms with van der Waals surface area (Å²) in [5.41, 5.74) is 0. The lowest BCUT2D eigenvalue weighted by atomic mass is 9.86. The Morgan fingerprint density at radius 2 is 2.25 bits per heavy atom. The summed E-state index contributed by atoms with van der Waals surface area (Å²) in [4.78, 5) is 0. The van der Waals surface area contributed by atoms with E-state index in [1.165, 1.54) is 0 Å². The molecule has 0 spiro atoms. The van der Waals surface area contributed by atoms with Crippen molar-refractivity contribution in [2.75, 3.05) is 0 Å². The van der Waals surface area contributed by atoms with Crippen molar-refractivity contribution in [1.82, 2.24) is 0 Å². The smallest absolute Gasteiger partial charge is 0.149 e. The topological polar surface area (TPSA) is 37.3 Å². The maximum atomic E-state index is 10.2. The molecule has 8 heavy (non-hydrogen) atoms. The van der Waals surface area contributed by atoms with Crippen molar-refractivity contribution < 1.29 is 8.76 Å². The minimum atomic E-state index is -1.90. The molecule has 0 aliphatic carbocycles. The van der Waals surface area contributed by atoms with Gasteiger partial charge in [0.05, 0.1) is 7.85 Å². The lowest BCUT2D eigenvalue weighted by Crippen LogP contribution is -2.29. The van der Waals surface area contributed by atoms with Gasteiger partial charge in [0.15, 0.2) is 0 Å². The van der Waals surface area contributed by atoms with E-state index < -0.39 is 15.7 Å². The third-order valence-electron chi connectivity index (χ3n) is 1.10. The number of hydrogen-bond acceptors (Lipinski definition) is 1. The Hall–Kier alpha value is 0.175. The van der Waals surface area contributed by atoms with Crippen molar-refractivity contribution in [2.45, 2.75) is 24.9 Å². The van der Waals surface area contributed by atoms with Gasteiger partial charge in [-0.1, -0.05) is 13.8 Å². The highest BCUT2D eigenvalue weighted by Crippen LogP contribution is 2.09. The van der Waals surface area contributed by atoms with E-state index in [1.54, 1.807) is 13.8 Å². The van der Waals surface area contributed by atoms with Gasteiger partial charge in [-0.3, -0.25) is 0 Å².